The zero-order valence-corrected chi connectivity index (χ0v) is 17.6. The van der Waals surface area contributed by atoms with E-state index in [0.29, 0.717) is 19.7 Å². The van der Waals surface area contributed by atoms with E-state index < -0.39 is 0 Å². The van der Waals surface area contributed by atoms with Crippen molar-refractivity contribution in [1.29, 1.82) is 0 Å². The van der Waals surface area contributed by atoms with Crippen molar-refractivity contribution in [3.8, 4) is 5.75 Å². The maximum atomic E-state index is 13.4. The summed E-state index contributed by atoms with van der Waals surface area (Å²) in [7, 11) is 0. The van der Waals surface area contributed by atoms with Crippen molar-refractivity contribution in [3.63, 3.8) is 0 Å². The molecule has 1 fully saturated rings. The first-order chi connectivity index (χ1) is 15.8. The molecule has 0 spiro atoms. The molecule has 0 unspecified atom stereocenters. The zero-order chi connectivity index (χ0) is 21.8. The first-order valence-electron chi connectivity index (χ1n) is 10.7. The standard InChI is InChI=1S/C26H24N4O2/c31-26(25(20-10-4-1-5-11-20)21-12-6-2-7-13-21)29-17-23(18-29)30-16-22(27-28-30)19-32-24-14-8-3-9-15-24/h1-16,23,25H,17-19H2. The average molecular weight is 425 g/mol. The van der Waals surface area contributed by atoms with Crippen LogP contribution in [0.15, 0.2) is 97.2 Å². The molecule has 0 radical (unpaired) electrons. The van der Waals surface area contributed by atoms with Gasteiger partial charge < -0.3 is 9.64 Å². The molecule has 0 aliphatic carbocycles. The third-order valence-electron chi connectivity index (χ3n) is 5.75. The van der Waals surface area contributed by atoms with Crippen LogP contribution in [0.25, 0.3) is 0 Å². The first-order valence-corrected chi connectivity index (χ1v) is 10.7. The normalized spacial score (nSPS) is 13.7. The van der Waals surface area contributed by atoms with Crippen LogP contribution < -0.4 is 4.74 Å². The number of para-hydroxylation sites is 1. The number of rotatable bonds is 7. The Labute approximate surface area is 187 Å². The molecular formula is C26H24N4O2. The minimum absolute atomic E-state index is 0.117. The minimum Gasteiger partial charge on any atom is -0.487 e. The van der Waals surface area contributed by atoms with Crippen molar-refractivity contribution < 1.29 is 9.53 Å². The summed E-state index contributed by atoms with van der Waals surface area (Å²) in [5.74, 6) is 0.616. The highest BCUT2D eigenvalue weighted by Crippen LogP contribution is 2.31. The Balaban J connectivity index is 1.23. The highest BCUT2D eigenvalue weighted by molar-refractivity contribution is 5.87. The number of aromatic nitrogens is 3. The summed E-state index contributed by atoms with van der Waals surface area (Å²) in [5.41, 5.74) is 2.78. The van der Waals surface area contributed by atoms with Gasteiger partial charge in [0.2, 0.25) is 5.91 Å². The SMILES string of the molecule is O=C(C(c1ccccc1)c1ccccc1)N1CC(n2cc(COc3ccccc3)nn2)C1. The summed E-state index contributed by atoms with van der Waals surface area (Å²) in [4.78, 5) is 15.3. The Bertz CT molecular complexity index is 1120. The highest BCUT2D eigenvalue weighted by atomic mass is 16.5. The number of ether oxygens (including phenoxy) is 1. The molecule has 4 aromatic rings. The third-order valence-corrected chi connectivity index (χ3v) is 5.75. The molecule has 0 atom stereocenters. The maximum absolute atomic E-state index is 13.4. The van der Waals surface area contributed by atoms with E-state index in [0.717, 1.165) is 22.6 Å². The number of amides is 1. The van der Waals surface area contributed by atoms with Crippen molar-refractivity contribution >= 4 is 5.91 Å². The van der Waals surface area contributed by atoms with E-state index in [2.05, 4.69) is 10.3 Å². The van der Waals surface area contributed by atoms with Gasteiger partial charge in [0.1, 0.15) is 18.1 Å². The van der Waals surface area contributed by atoms with E-state index in [4.69, 9.17) is 4.74 Å². The molecule has 5 rings (SSSR count). The van der Waals surface area contributed by atoms with Crippen LogP contribution in [-0.2, 0) is 11.4 Å². The zero-order valence-electron chi connectivity index (χ0n) is 17.6. The number of likely N-dealkylation sites (tertiary alicyclic amines) is 1. The van der Waals surface area contributed by atoms with Gasteiger partial charge in [-0.3, -0.25) is 4.79 Å². The summed E-state index contributed by atoms with van der Waals surface area (Å²) >= 11 is 0. The van der Waals surface area contributed by atoms with Crippen LogP contribution in [0, 0.1) is 0 Å². The Hall–Kier alpha value is -3.93. The summed E-state index contributed by atoms with van der Waals surface area (Å²) < 4.78 is 7.59. The van der Waals surface area contributed by atoms with Gasteiger partial charge >= 0.3 is 0 Å². The van der Waals surface area contributed by atoms with Crippen LogP contribution in [0.4, 0.5) is 0 Å². The Morgan fingerprint density at radius 2 is 1.44 bits per heavy atom. The van der Waals surface area contributed by atoms with Crippen molar-refractivity contribution in [3.05, 3.63) is 114 Å². The molecule has 0 bridgehead atoms. The van der Waals surface area contributed by atoms with Gasteiger partial charge in [-0.15, -0.1) is 5.10 Å². The van der Waals surface area contributed by atoms with E-state index in [1.807, 2.05) is 107 Å². The largest absolute Gasteiger partial charge is 0.487 e. The summed E-state index contributed by atoms with van der Waals surface area (Å²) in [6, 6.07) is 29.7. The van der Waals surface area contributed by atoms with E-state index in [1.165, 1.54) is 0 Å². The number of carbonyl (C=O) groups is 1. The molecule has 6 nitrogen and oxygen atoms in total. The Kier molecular flexibility index (Phi) is 5.66. The molecule has 1 amide bonds. The second-order valence-corrected chi connectivity index (χ2v) is 7.94. The van der Waals surface area contributed by atoms with Crippen LogP contribution in [-0.4, -0.2) is 38.9 Å². The fourth-order valence-corrected chi connectivity index (χ4v) is 3.99. The fourth-order valence-electron chi connectivity index (χ4n) is 3.99. The van der Waals surface area contributed by atoms with E-state index in [9.17, 15) is 4.79 Å². The third kappa shape index (κ3) is 4.25. The lowest BCUT2D eigenvalue weighted by Gasteiger charge is -2.40. The molecule has 160 valence electrons. The van der Waals surface area contributed by atoms with E-state index in [1.54, 1.807) is 0 Å². The van der Waals surface area contributed by atoms with Gasteiger partial charge in [-0.25, -0.2) is 4.68 Å². The van der Waals surface area contributed by atoms with E-state index in [-0.39, 0.29) is 17.9 Å². The lowest BCUT2D eigenvalue weighted by Crippen LogP contribution is -2.52. The molecule has 1 aliphatic rings. The van der Waals surface area contributed by atoms with Gasteiger partial charge in [-0.1, -0.05) is 84.1 Å². The lowest BCUT2D eigenvalue weighted by atomic mass is 9.89. The number of hydrogen-bond donors (Lipinski definition) is 0. The summed E-state index contributed by atoms with van der Waals surface area (Å²) in [5, 5.41) is 8.47. The van der Waals surface area contributed by atoms with Crippen LogP contribution in [0.1, 0.15) is 28.8 Å². The quantitative estimate of drug-likeness (QED) is 0.449. The Morgan fingerprint density at radius 3 is 2.03 bits per heavy atom. The van der Waals surface area contributed by atoms with Gasteiger partial charge in [0.25, 0.3) is 0 Å². The fraction of sp³-hybridized carbons (Fsp3) is 0.192. The second-order valence-electron chi connectivity index (χ2n) is 7.94. The minimum atomic E-state index is -0.302. The molecule has 1 aliphatic heterocycles. The molecule has 32 heavy (non-hydrogen) atoms. The van der Waals surface area contributed by atoms with Crippen molar-refractivity contribution in [1.82, 2.24) is 19.9 Å². The molecule has 1 saturated heterocycles. The number of hydrogen-bond acceptors (Lipinski definition) is 4. The summed E-state index contributed by atoms with van der Waals surface area (Å²) in [6.07, 6.45) is 1.90. The molecular weight excluding hydrogens is 400 g/mol. The molecule has 0 N–H and O–H groups in total. The molecule has 3 aromatic carbocycles. The number of benzene rings is 3. The highest BCUT2D eigenvalue weighted by Gasteiger charge is 2.37. The van der Waals surface area contributed by atoms with Crippen LogP contribution in [0.3, 0.4) is 0 Å². The van der Waals surface area contributed by atoms with Gasteiger partial charge in [-0.2, -0.15) is 0 Å². The van der Waals surface area contributed by atoms with Crippen molar-refractivity contribution in [2.75, 3.05) is 13.1 Å². The monoisotopic (exact) mass is 424 g/mol. The van der Waals surface area contributed by atoms with Gasteiger partial charge in [-0.05, 0) is 23.3 Å². The van der Waals surface area contributed by atoms with Crippen molar-refractivity contribution in [2.24, 2.45) is 0 Å². The molecule has 2 heterocycles. The topological polar surface area (TPSA) is 60.2 Å². The lowest BCUT2D eigenvalue weighted by molar-refractivity contribution is -0.137. The van der Waals surface area contributed by atoms with Crippen LogP contribution >= 0.6 is 0 Å². The van der Waals surface area contributed by atoms with E-state index >= 15 is 0 Å². The molecule has 6 heteroatoms. The van der Waals surface area contributed by atoms with Crippen molar-refractivity contribution in [2.45, 2.75) is 18.6 Å². The maximum Gasteiger partial charge on any atom is 0.234 e. The number of nitrogens with zero attached hydrogens (tertiary/aromatic N) is 4. The van der Waals surface area contributed by atoms with Crippen LogP contribution in [0.5, 0.6) is 5.75 Å². The number of carbonyl (C=O) groups excluding carboxylic acids is 1. The van der Waals surface area contributed by atoms with Crippen LogP contribution in [0.2, 0.25) is 0 Å². The van der Waals surface area contributed by atoms with Gasteiger partial charge in [0, 0.05) is 13.1 Å². The predicted octanol–water partition coefficient (Wildman–Crippen LogP) is 4.07. The smallest absolute Gasteiger partial charge is 0.234 e. The second kappa shape index (κ2) is 9.06. The Morgan fingerprint density at radius 1 is 0.875 bits per heavy atom. The molecule has 0 saturated carbocycles. The first kappa shape index (κ1) is 20.0. The molecule has 1 aromatic heterocycles. The predicted molar refractivity (Wildman–Crippen MR) is 121 cm³/mol. The van der Waals surface area contributed by atoms with Gasteiger partial charge in [0.05, 0.1) is 18.2 Å². The average Bonchev–Trinajstić information content (AvgIpc) is 3.27. The van der Waals surface area contributed by atoms with Gasteiger partial charge in [0.15, 0.2) is 0 Å². The summed E-state index contributed by atoms with van der Waals surface area (Å²) in [6.45, 7) is 1.61.